The van der Waals surface area contributed by atoms with Gasteiger partial charge in [-0.25, -0.2) is 4.68 Å². The molecule has 3 aromatic rings. The van der Waals surface area contributed by atoms with Crippen molar-refractivity contribution in [2.24, 2.45) is 5.92 Å². The van der Waals surface area contributed by atoms with E-state index in [0.29, 0.717) is 13.0 Å². The standard InChI is InChI=1S/C21H23N3O3/c1-14-6-3-4-7-17(14)24-18(9-11-22-24)20-16(10-13-27-20)21(25)23-15(2)19-8-5-12-26-19/h3-9,11-12,15-16,20H,10,13H2,1-2H3,(H,23,25)/t15-,16+,20+/m1/s1. The van der Waals surface area contributed by atoms with Crippen LogP contribution in [-0.4, -0.2) is 22.3 Å². The van der Waals surface area contributed by atoms with Crippen LogP contribution in [0, 0.1) is 12.8 Å². The Morgan fingerprint density at radius 3 is 2.89 bits per heavy atom. The normalized spacial score (nSPS) is 20.5. The Bertz CT molecular complexity index is 916. The number of nitrogens with zero attached hydrogens (tertiary/aromatic N) is 2. The Labute approximate surface area is 158 Å². The van der Waals surface area contributed by atoms with Crippen LogP contribution in [0.25, 0.3) is 5.69 Å². The lowest BCUT2D eigenvalue weighted by atomic mass is 9.97. The van der Waals surface area contributed by atoms with Crippen LogP contribution in [0.15, 0.2) is 59.3 Å². The minimum Gasteiger partial charge on any atom is -0.467 e. The highest BCUT2D eigenvalue weighted by atomic mass is 16.5. The monoisotopic (exact) mass is 365 g/mol. The van der Waals surface area contributed by atoms with Crippen LogP contribution in [0.1, 0.15) is 42.5 Å². The van der Waals surface area contributed by atoms with Crippen molar-refractivity contribution in [2.45, 2.75) is 32.4 Å². The maximum absolute atomic E-state index is 12.9. The molecule has 0 unspecified atom stereocenters. The van der Waals surface area contributed by atoms with Gasteiger partial charge >= 0.3 is 0 Å². The number of aromatic nitrogens is 2. The van der Waals surface area contributed by atoms with Crippen molar-refractivity contribution in [3.63, 3.8) is 0 Å². The number of carbonyl (C=O) groups is 1. The van der Waals surface area contributed by atoms with Gasteiger partial charge in [0.2, 0.25) is 5.91 Å². The first-order valence-electron chi connectivity index (χ1n) is 9.20. The van der Waals surface area contributed by atoms with Crippen molar-refractivity contribution in [2.75, 3.05) is 6.61 Å². The summed E-state index contributed by atoms with van der Waals surface area (Å²) in [5.74, 6) is 0.449. The highest BCUT2D eigenvalue weighted by molar-refractivity contribution is 5.80. The topological polar surface area (TPSA) is 69.3 Å². The average molecular weight is 365 g/mol. The molecule has 6 heteroatoms. The molecule has 1 aliphatic rings. The van der Waals surface area contributed by atoms with Gasteiger partial charge in [-0.3, -0.25) is 4.79 Å². The predicted octanol–water partition coefficient (Wildman–Crippen LogP) is 3.73. The van der Waals surface area contributed by atoms with E-state index in [9.17, 15) is 4.79 Å². The lowest BCUT2D eigenvalue weighted by Gasteiger charge is -2.21. The smallest absolute Gasteiger partial charge is 0.226 e. The first kappa shape index (κ1) is 17.5. The molecule has 0 aliphatic carbocycles. The third-order valence-corrected chi connectivity index (χ3v) is 5.06. The Kier molecular flexibility index (Phi) is 4.81. The molecule has 1 fully saturated rings. The highest BCUT2D eigenvalue weighted by Crippen LogP contribution is 2.36. The summed E-state index contributed by atoms with van der Waals surface area (Å²) in [4.78, 5) is 12.9. The number of amides is 1. The number of benzene rings is 1. The summed E-state index contributed by atoms with van der Waals surface area (Å²) in [6, 6.07) is 13.5. The van der Waals surface area contributed by atoms with Crippen LogP contribution in [0.5, 0.6) is 0 Å². The molecule has 3 heterocycles. The molecular formula is C21H23N3O3. The number of para-hydroxylation sites is 1. The van der Waals surface area contributed by atoms with Gasteiger partial charge in [0.15, 0.2) is 0 Å². The number of carbonyl (C=O) groups excluding carboxylic acids is 1. The predicted molar refractivity (Wildman–Crippen MR) is 100 cm³/mol. The van der Waals surface area contributed by atoms with Crippen molar-refractivity contribution in [3.8, 4) is 5.69 Å². The summed E-state index contributed by atoms with van der Waals surface area (Å²) < 4.78 is 13.2. The van der Waals surface area contributed by atoms with Gasteiger partial charge in [0.25, 0.3) is 0 Å². The minimum atomic E-state index is -0.323. The Morgan fingerprint density at radius 1 is 1.26 bits per heavy atom. The molecule has 1 aromatic carbocycles. The number of hydrogen-bond donors (Lipinski definition) is 1. The molecule has 2 aromatic heterocycles. The highest BCUT2D eigenvalue weighted by Gasteiger charge is 2.38. The van der Waals surface area contributed by atoms with Gasteiger partial charge < -0.3 is 14.5 Å². The number of rotatable bonds is 5. The van der Waals surface area contributed by atoms with Crippen molar-refractivity contribution >= 4 is 5.91 Å². The van der Waals surface area contributed by atoms with Crippen LogP contribution < -0.4 is 5.32 Å². The fraction of sp³-hybridized carbons (Fsp3) is 0.333. The van der Waals surface area contributed by atoms with Crippen LogP contribution in [0.4, 0.5) is 0 Å². The molecule has 3 atom stereocenters. The van der Waals surface area contributed by atoms with Crippen molar-refractivity contribution in [1.29, 1.82) is 0 Å². The van der Waals surface area contributed by atoms with Gasteiger partial charge in [-0.2, -0.15) is 5.10 Å². The summed E-state index contributed by atoms with van der Waals surface area (Å²) in [5.41, 5.74) is 3.01. The van der Waals surface area contributed by atoms with E-state index in [4.69, 9.17) is 9.15 Å². The second-order valence-corrected chi connectivity index (χ2v) is 6.89. The first-order valence-corrected chi connectivity index (χ1v) is 9.20. The first-order chi connectivity index (χ1) is 13.1. The molecule has 140 valence electrons. The molecule has 27 heavy (non-hydrogen) atoms. The molecule has 0 saturated carbocycles. The van der Waals surface area contributed by atoms with Crippen molar-refractivity contribution < 1.29 is 13.9 Å². The van der Waals surface area contributed by atoms with E-state index in [0.717, 1.165) is 22.7 Å². The summed E-state index contributed by atoms with van der Waals surface area (Å²) in [6.45, 7) is 4.52. The zero-order valence-electron chi connectivity index (χ0n) is 15.5. The van der Waals surface area contributed by atoms with Gasteiger partial charge in [-0.15, -0.1) is 0 Å². The van der Waals surface area contributed by atoms with Crippen molar-refractivity contribution in [1.82, 2.24) is 15.1 Å². The van der Waals surface area contributed by atoms with Crippen LogP contribution in [-0.2, 0) is 9.53 Å². The number of aryl methyl sites for hydroxylation is 1. The fourth-order valence-electron chi connectivity index (χ4n) is 3.61. The summed E-state index contributed by atoms with van der Waals surface area (Å²) in [5, 5.41) is 7.52. The van der Waals surface area contributed by atoms with Crippen molar-refractivity contribution in [3.05, 3.63) is 71.9 Å². The van der Waals surface area contributed by atoms with E-state index < -0.39 is 0 Å². The van der Waals surface area contributed by atoms with E-state index in [-0.39, 0.29) is 24.0 Å². The molecular weight excluding hydrogens is 342 g/mol. The van der Waals surface area contributed by atoms with E-state index in [1.165, 1.54) is 0 Å². The number of nitrogens with one attached hydrogen (secondary N) is 1. The molecule has 4 rings (SSSR count). The lowest BCUT2D eigenvalue weighted by Crippen LogP contribution is -2.34. The maximum atomic E-state index is 12.9. The molecule has 1 N–H and O–H groups in total. The second-order valence-electron chi connectivity index (χ2n) is 6.89. The summed E-state index contributed by atoms with van der Waals surface area (Å²) in [7, 11) is 0. The third kappa shape index (κ3) is 3.40. The minimum absolute atomic E-state index is 0.0288. The summed E-state index contributed by atoms with van der Waals surface area (Å²) in [6.07, 6.45) is 3.72. The van der Waals surface area contributed by atoms with E-state index in [2.05, 4.69) is 10.4 Å². The summed E-state index contributed by atoms with van der Waals surface area (Å²) >= 11 is 0. The third-order valence-electron chi connectivity index (χ3n) is 5.06. The van der Waals surface area contributed by atoms with Gasteiger partial charge in [-0.1, -0.05) is 18.2 Å². The van der Waals surface area contributed by atoms with Crippen LogP contribution in [0.3, 0.4) is 0 Å². The Balaban J connectivity index is 1.57. The fourth-order valence-corrected chi connectivity index (χ4v) is 3.61. The molecule has 0 radical (unpaired) electrons. The molecule has 1 amide bonds. The largest absolute Gasteiger partial charge is 0.467 e. The zero-order valence-corrected chi connectivity index (χ0v) is 15.5. The lowest BCUT2D eigenvalue weighted by molar-refractivity contribution is -0.127. The quantitative estimate of drug-likeness (QED) is 0.748. The van der Waals surface area contributed by atoms with E-state index in [1.54, 1.807) is 12.5 Å². The Hall–Kier alpha value is -2.86. The van der Waals surface area contributed by atoms with Gasteiger partial charge in [-0.05, 0) is 50.1 Å². The average Bonchev–Trinajstić information content (AvgIpc) is 3.41. The number of hydrogen-bond acceptors (Lipinski definition) is 4. The van der Waals surface area contributed by atoms with E-state index >= 15 is 0 Å². The van der Waals surface area contributed by atoms with Crippen LogP contribution in [0.2, 0.25) is 0 Å². The molecule has 0 spiro atoms. The van der Waals surface area contributed by atoms with Crippen LogP contribution >= 0.6 is 0 Å². The van der Waals surface area contributed by atoms with E-state index in [1.807, 2.05) is 61.0 Å². The zero-order chi connectivity index (χ0) is 18.8. The number of furan rings is 1. The number of ether oxygens (including phenoxy) is 1. The second kappa shape index (κ2) is 7.40. The molecule has 6 nitrogen and oxygen atoms in total. The molecule has 1 saturated heterocycles. The Morgan fingerprint density at radius 2 is 2.11 bits per heavy atom. The molecule has 1 aliphatic heterocycles. The van der Waals surface area contributed by atoms with Gasteiger partial charge in [0, 0.05) is 12.8 Å². The SMILES string of the molecule is Cc1ccccc1-n1nccc1[C@H]1OCC[C@@H]1C(=O)N[C@H](C)c1ccco1. The van der Waals surface area contributed by atoms with Gasteiger partial charge in [0.05, 0.1) is 29.6 Å². The maximum Gasteiger partial charge on any atom is 0.226 e. The van der Waals surface area contributed by atoms with Gasteiger partial charge in [0.1, 0.15) is 11.9 Å². The molecule has 0 bridgehead atoms.